The zero-order chi connectivity index (χ0) is 15.4. The Hall–Kier alpha value is -2.03. The lowest BCUT2D eigenvalue weighted by atomic mass is 10.2. The highest BCUT2D eigenvalue weighted by molar-refractivity contribution is 7.80. The Kier molecular flexibility index (Phi) is 4.84. The van der Waals surface area contributed by atoms with Gasteiger partial charge in [0.25, 0.3) is 11.6 Å². The predicted octanol–water partition coefficient (Wildman–Crippen LogP) is 3.44. The number of nitrogens with one attached hydrogen (secondary N) is 2. The van der Waals surface area contributed by atoms with E-state index >= 15 is 0 Å². The quantitative estimate of drug-likeness (QED) is 0.507. The molecule has 0 fully saturated rings. The molecule has 1 aromatic heterocycles. The van der Waals surface area contributed by atoms with Crippen molar-refractivity contribution in [2.45, 2.75) is 0 Å². The Bertz CT molecular complexity index is 704. The monoisotopic (exact) mass is 341 g/mol. The second-order valence-electron chi connectivity index (χ2n) is 3.80. The van der Waals surface area contributed by atoms with Crippen molar-refractivity contribution < 1.29 is 9.72 Å². The van der Waals surface area contributed by atoms with Crippen molar-refractivity contribution in [3.8, 4) is 0 Å². The lowest BCUT2D eigenvalue weighted by molar-refractivity contribution is -0.383. The second-order valence-corrected chi connectivity index (χ2v) is 5.60. The predicted molar refractivity (Wildman–Crippen MR) is 86.1 cm³/mol. The first kappa shape index (κ1) is 15.4. The molecule has 0 saturated heterocycles. The number of anilines is 1. The normalized spacial score (nSPS) is 9.95. The zero-order valence-corrected chi connectivity index (χ0v) is 12.7. The van der Waals surface area contributed by atoms with Crippen molar-refractivity contribution in [1.82, 2.24) is 5.32 Å². The van der Waals surface area contributed by atoms with E-state index in [0.29, 0.717) is 4.88 Å². The number of rotatable bonds is 3. The first-order valence-corrected chi connectivity index (χ1v) is 7.24. The molecule has 108 valence electrons. The molecule has 1 amide bonds. The number of benzene rings is 1. The lowest BCUT2D eigenvalue weighted by Gasteiger charge is -2.09. The van der Waals surface area contributed by atoms with Crippen LogP contribution < -0.4 is 10.6 Å². The molecular formula is C12H8ClN3O3S2. The van der Waals surface area contributed by atoms with Crippen LogP contribution in [0.15, 0.2) is 35.7 Å². The summed E-state index contributed by atoms with van der Waals surface area (Å²) in [6.07, 6.45) is 0. The second kappa shape index (κ2) is 6.61. The van der Waals surface area contributed by atoms with Gasteiger partial charge in [-0.25, -0.2) is 0 Å². The number of thiocarbonyl (C=S) groups is 1. The van der Waals surface area contributed by atoms with Crippen LogP contribution in [0.3, 0.4) is 0 Å². The Balaban J connectivity index is 2.10. The van der Waals surface area contributed by atoms with Gasteiger partial charge >= 0.3 is 0 Å². The zero-order valence-electron chi connectivity index (χ0n) is 10.3. The maximum atomic E-state index is 11.8. The highest BCUT2D eigenvalue weighted by atomic mass is 35.5. The highest BCUT2D eigenvalue weighted by Crippen LogP contribution is 2.27. The molecule has 0 unspecified atom stereocenters. The van der Waals surface area contributed by atoms with Crippen molar-refractivity contribution in [2.24, 2.45) is 0 Å². The van der Waals surface area contributed by atoms with Gasteiger partial charge < -0.3 is 5.32 Å². The molecule has 2 aromatic rings. The summed E-state index contributed by atoms with van der Waals surface area (Å²) in [4.78, 5) is 22.6. The average Bonchev–Trinajstić information content (AvgIpc) is 2.94. The molecule has 0 saturated carbocycles. The number of hydrogen-bond donors (Lipinski definition) is 2. The molecule has 21 heavy (non-hydrogen) atoms. The van der Waals surface area contributed by atoms with E-state index in [0.717, 1.165) is 0 Å². The average molecular weight is 342 g/mol. The van der Waals surface area contributed by atoms with Crippen LogP contribution in [0.25, 0.3) is 0 Å². The molecule has 2 rings (SSSR count). The number of carbonyl (C=O) groups excluding carboxylic acids is 1. The molecule has 0 aliphatic rings. The molecule has 0 aliphatic carbocycles. The van der Waals surface area contributed by atoms with E-state index in [1.807, 2.05) is 0 Å². The Morgan fingerprint density at radius 1 is 1.38 bits per heavy atom. The van der Waals surface area contributed by atoms with E-state index in [-0.39, 0.29) is 27.4 Å². The third-order valence-electron chi connectivity index (χ3n) is 2.38. The summed E-state index contributed by atoms with van der Waals surface area (Å²) in [5, 5.41) is 18.0. The standard InChI is InChI=1S/C12H8ClN3O3S2/c13-7-3-4-8(9(6-7)16(18)19)14-12(20)15-11(17)10-2-1-5-21-10/h1-6H,(H2,14,15,17,20). The van der Waals surface area contributed by atoms with Gasteiger partial charge in [0, 0.05) is 11.1 Å². The first-order valence-electron chi connectivity index (χ1n) is 5.57. The van der Waals surface area contributed by atoms with Crippen LogP contribution >= 0.6 is 35.2 Å². The summed E-state index contributed by atoms with van der Waals surface area (Å²) < 4.78 is 0. The van der Waals surface area contributed by atoms with Gasteiger partial charge in [-0.15, -0.1) is 11.3 Å². The van der Waals surface area contributed by atoms with E-state index in [2.05, 4.69) is 10.6 Å². The number of nitro benzene ring substituents is 1. The Morgan fingerprint density at radius 2 is 2.14 bits per heavy atom. The van der Waals surface area contributed by atoms with Crippen molar-refractivity contribution in [3.05, 3.63) is 55.7 Å². The number of hydrogen-bond acceptors (Lipinski definition) is 5. The fourth-order valence-corrected chi connectivity index (χ4v) is 2.48. The fourth-order valence-electron chi connectivity index (χ4n) is 1.49. The summed E-state index contributed by atoms with van der Waals surface area (Å²) in [7, 11) is 0. The lowest BCUT2D eigenvalue weighted by Crippen LogP contribution is -2.33. The minimum Gasteiger partial charge on any atom is -0.327 e. The number of nitrogens with zero attached hydrogens (tertiary/aromatic N) is 1. The minimum absolute atomic E-state index is 0.0289. The van der Waals surface area contributed by atoms with E-state index in [1.165, 1.54) is 29.5 Å². The smallest absolute Gasteiger partial charge is 0.294 e. The summed E-state index contributed by atoms with van der Waals surface area (Å²) in [5.74, 6) is -0.376. The van der Waals surface area contributed by atoms with Crippen LogP contribution in [0.1, 0.15) is 9.67 Å². The number of amides is 1. The SMILES string of the molecule is O=C(NC(=S)Nc1ccc(Cl)cc1[N+](=O)[O-])c1cccs1. The van der Waals surface area contributed by atoms with Crippen molar-refractivity contribution in [2.75, 3.05) is 5.32 Å². The Morgan fingerprint density at radius 3 is 2.76 bits per heavy atom. The minimum atomic E-state index is -0.585. The van der Waals surface area contributed by atoms with E-state index < -0.39 is 4.92 Å². The maximum absolute atomic E-state index is 11.8. The largest absolute Gasteiger partial charge is 0.327 e. The van der Waals surface area contributed by atoms with Crippen molar-refractivity contribution in [1.29, 1.82) is 0 Å². The molecule has 0 aliphatic heterocycles. The van der Waals surface area contributed by atoms with Crippen LogP contribution in [0.2, 0.25) is 5.02 Å². The Labute approximate surface area is 133 Å². The van der Waals surface area contributed by atoms with Gasteiger partial charge in [-0.05, 0) is 35.8 Å². The molecule has 1 heterocycles. The van der Waals surface area contributed by atoms with Gasteiger partial charge in [0.05, 0.1) is 9.80 Å². The van der Waals surface area contributed by atoms with Crippen LogP contribution in [0, 0.1) is 10.1 Å². The fraction of sp³-hybridized carbons (Fsp3) is 0. The molecule has 9 heteroatoms. The molecule has 0 spiro atoms. The van der Waals surface area contributed by atoms with Gasteiger partial charge in [0.1, 0.15) is 5.69 Å². The van der Waals surface area contributed by atoms with E-state index in [1.54, 1.807) is 17.5 Å². The molecule has 2 N–H and O–H groups in total. The van der Waals surface area contributed by atoms with Gasteiger partial charge in [0.2, 0.25) is 0 Å². The van der Waals surface area contributed by atoms with Crippen molar-refractivity contribution >= 4 is 57.5 Å². The molecule has 0 atom stereocenters. The number of halogens is 1. The molecule has 0 radical (unpaired) electrons. The summed E-state index contributed by atoms with van der Waals surface area (Å²) in [5.41, 5.74) is -0.0731. The number of carbonyl (C=O) groups is 1. The third kappa shape index (κ3) is 3.97. The van der Waals surface area contributed by atoms with Crippen LogP contribution in [0.4, 0.5) is 11.4 Å². The summed E-state index contributed by atoms with van der Waals surface area (Å²) >= 11 is 12.0. The molecule has 6 nitrogen and oxygen atoms in total. The highest BCUT2D eigenvalue weighted by Gasteiger charge is 2.16. The summed E-state index contributed by atoms with van der Waals surface area (Å²) in [6, 6.07) is 7.49. The van der Waals surface area contributed by atoms with E-state index in [4.69, 9.17) is 23.8 Å². The maximum Gasteiger partial charge on any atom is 0.294 e. The van der Waals surface area contributed by atoms with Crippen LogP contribution in [-0.2, 0) is 0 Å². The molecule has 0 bridgehead atoms. The molecule has 1 aromatic carbocycles. The van der Waals surface area contributed by atoms with Gasteiger partial charge in [-0.1, -0.05) is 17.7 Å². The van der Waals surface area contributed by atoms with E-state index in [9.17, 15) is 14.9 Å². The van der Waals surface area contributed by atoms with Gasteiger partial charge in [-0.2, -0.15) is 0 Å². The van der Waals surface area contributed by atoms with Crippen LogP contribution in [-0.4, -0.2) is 15.9 Å². The summed E-state index contributed by atoms with van der Waals surface area (Å²) in [6.45, 7) is 0. The van der Waals surface area contributed by atoms with Crippen molar-refractivity contribution in [3.63, 3.8) is 0 Å². The third-order valence-corrected chi connectivity index (χ3v) is 3.68. The first-order chi connectivity index (χ1) is 9.97. The van der Waals surface area contributed by atoms with Gasteiger partial charge in [0.15, 0.2) is 5.11 Å². The number of nitro groups is 1. The van der Waals surface area contributed by atoms with Gasteiger partial charge in [-0.3, -0.25) is 20.2 Å². The topological polar surface area (TPSA) is 84.3 Å². The number of thiophene rings is 1. The van der Waals surface area contributed by atoms with Crippen LogP contribution in [0.5, 0.6) is 0 Å². The molecular weight excluding hydrogens is 334 g/mol.